The summed E-state index contributed by atoms with van der Waals surface area (Å²) in [5.41, 5.74) is 3.02. The second-order valence-corrected chi connectivity index (χ2v) is 4.72. The maximum atomic E-state index is 5.84. The summed E-state index contributed by atoms with van der Waals surface area (Å²) < 4.78 is 16.0. The second-order valence-electron chi connectivity index (χ2n) is 4.72. The fourth-order valence-electron chi connectivity index (χ4n) is 1.90. The molecular formula is C15H16N2O3. The van der Waals surface area contributed by atoms with Gasteiger partial charge < -0.3 is 14.2 Å². The summed E-state index contributed by atoms with van der Waals surface area (Å²) in [5.74, 6) is 0.828. The first-order valence-corrected chi connectivity index (χ1v) is 6.48. The van der Waals surface area contributed by atoms with E-state index in [1.807, 2.05) is 25.1 Å². The molecule has 5 heteroatoms. The van der Waals surface area contributed by atoms with E-state index in [0.29, 0.717) is 12.6 Å². The normalized spacial score (nSPS) is 16.8. The lowest BCUT2D eigenvalue weighted by molar-refractivity contribution is 0.264. The molecule has 104 valence electrons. The minimum Gasteiger partial charge on any atom is -0.490 e. The molecule has 2 heterocycles. The standard InChI is InChI=1S/C15H16N2O3/c1-10-3-4-13(11-6-16-15(18-2)17-7-11)14(5-10)20-9-12-8-19-12/h3-7,12H,8-9H2,1-2H3/t12-/m0/s1. The number of hydrogen-bond acceptors (Lipinski definition) is 5. The third-order valence-corrected chi connectivity index (χ3v) is 3.09. The number of hydrogen-bond donors (Lipinski definition) is 0. The zero-order valence-corrected chi connectivity index (χ0v) is 11.5. The minimum atomic E-state index is 0.232. The van der Waals surface area contributed by atoms with Gasteiger partial charge in [-0.2, -0.15) is 0 Å². The summed E-state index contributed by atoms with van der Waals surface area (Å²) in [6.45, 7) is 3.40. The largest absolute Gasteiger partial charge is 0.490 e. The van der Waals surface area contributed by atoms with Crippen molar-refractivity contribution in [2.45, 2.75) is 13.0 Å². The molecule has 0 aliphatic carbocycles. The lowest BCUT2D eigenvalue weighted by atomic mass is 10.1. The Morgan fingerprint density at radius 2 is 2.05 bits per heavy atom. The van der Waals surface area contributed by atoms with E-state index < -0.39 is 0 Å². The van der Waals surface area contributed by atoms with Crippen LogP contribution in [-0.2, 0) is 4.74 Å². The van der Waals surface area contributed by atoms with E-state index in [4.69, 9.17) is 14.2 Å². The Morgan fingerprint density at radius 3 is 2.70 bits per heavy atom. The van der Waals surface area contributed by atoms with Crippen molar-refractivity contribution in [2.75, 3.05) is 20.3 Å². The average molecular weight is 272 g/mol. The van der Waals surface area contributed by atoms with Crippen LogP contribution in [-0.4, -0.2) is 36.4 Å². The van der Waals surface area contributed by atoms with Gasteiger partial charge in [0.2, 0.25) is 0 Å². The molecule has 1 aliphatic heterocycles. The van der Waals surface area contributed by atoms with Crippen LogP contribution in [0.2, 0.25) is 0 Å². The maximum Gasteiger partial charge on any atom is 0.316 e. The molecule has 1 saturated heterocycles. The van der Waals surface area contributed by atoms with Crippen molar-refractivity contribution >= 4 is 0 Å². The van der Waals surface area contributed by atoms with E-state index >= 15 is 0 Å². The number of rotatable bonds is 5. The van der Waals surface area contributed by atoms with Gasteiger partial charge >= 0.3 is 6.01 Å². The highest BCUT2D eigenvalue weighted by molar-refractivity contribution is 5.69. The SMILES string of the molecule is COc1ncc(-c2ccc(C)cc2OC[C@@H]2CO2)cn1. The number of aryl methyl sites for hydroxylation is 1. The number of benzene rings is 1. The van der Waals surface area contributed by atoms with Crippen LogP contribution in [0.3, 0.4) is 0 Å². The van der Waals surface area contributed by atoms with Gasteiger partial charge in [-0.1, -0.05) is 12.1 Å². The summed E-state index contributed by atoms with van der Waals surface area (Å²) in [6.07, 6.45) is 3.70. The van der Waals surface area contributed by atoms with Gasteiger partial charge in [0.25, 0.3) is 0 Å². The summed E-state index contributed by atoms with van der Waals surface area (Å²) >= 11 is 0. The molecule has 0 spiro atoms. The number of epoxide rings is 1. The van der Waals surface area contributed by atoms with Gasteiger partial charge in [-0.05, 0) is 18.6 Å². The van der Waals surface area contributed by atoms with Crippen molar-refractivity contribution in [1.82, 2.24) is 9.97 Å². The Morgan fingerprint density at radius 1 is 1.30 bits per heavy atom. The maximum absolute atomic E-state index is 5.84. The molecule has 0 N–H and O–H groups in total. The van der Waals surface area contributed by atoms with Gasteiger partial charge in [-0.15, -0.1) is 0 Å². The third-order valence-electron chi connectivity index (χ3n) is 3.09. The number of nitrogens with zero attached hydrogens (tertiary/aromatic N) is 2. The monoisotopic (exact) mass is 272 g/mol. The molecule has 5 nitrogen and oxygen atoms in total. The lowest BCUT2D eigenvalue weighted by Crippen LogP contribution is -2.05. The molecule has 0 bridgehead atoms. The molecule has 0 radical (unpaired) electrons. The quantitative estimate of drug-likeness (QED) is 0.781. The van der Waals surface area contributed by atoms with Crippen molar-refractivity contribution in [1.29, 1.82) is 0 Å². The Kier molecular flexibility index (Phi) is 3.52. The topological polar surface area (TPSA) is 56.8 Å². The summed E-state index contributed by atoms with van der Waals surface area (Å²) in [6, 6.07) is 6.43. The van der Waals surface area contributed by atoms with Crippen LogP contribution >= 0.6 is 0 Å². The molecule has 0 amide bonds. The van der Waals surface area contributed by atoms with Crippen LogP contribution in [0.15, 0.2) is 30.6 Å². The molecule has 1 aromatic heterocycles. The summed E-state index contributed by atoms with van der Waals surface area (Å²) in [7, 11) is 1.55. The molecular weight excluding hydrogens is 256 g/mol. The van der Waals surface area contributed by atoms with Crippen LogP contribution in [0, 0.1) is 6.92 Å². The zero-order chi connectivity index (χ0) is 13.9. The molecule has 1 aliphatic rings. The molecule has 2 aromatic rings. The fourth-order valence-corrected chi connectivity index (χ4v) is 1.90. The van der Waals surface area contributed by atoms with Crippen LogP contribution < -0.4 is 9.47 Å². The highest BCUT2D eigenvalue weighted by atomic mass is 16.6. The number of aromatic nitrogens is 2. The van der Waals surface area contributed by atoms with Crippen molar-refractivity contribution in [3.8, 4) is 22.9 Å². The molecule has 20 heavy (non-hydrogen) atoms. The molecule has 3 rings (SSSR count). The molecule has 0 saturated carbocycles. The van der Waals surface area contributed by atoms with Gasteiger partial charge in [0.15, 0.2) is 0 Å². The first-order valence-electron chi connectivity index (χ1n) is 6.48. The second kappa shape index (κ2) is 5.46. The first kappa shape index (κ1) is 12.9. The predicted molar refractivity (Wildman–Crippen MR) is 74.0 cm³/mol. The van der Waals surface area contributed by atoms with Crippen molar-refractivity contribution < 1.29 is 14.2 Å². The van der Waals surface area contributed by atoms with Crippen molar-refractivity contribution in [3.63, 3.8) is 0 Å². The highest BCUT2D eigenvalue weighted by Gasteiger charge is 2.23. The van der Waals surface area contributed by atoms with E-state index in [-0.39, 0.29) is 6.10 Å². The highest BCUT2D eigenvalue weighted by Crippen LogP contribution is 2.31. The predicted octanol–water partition coefficient (Wildman–Crippen LogP) is 2.24. The van der Waals surface area contributed by atoms with Gasteiger partial charge in [0.1, 0.15) is 18.5 Å². The van der Waals surface area contributed by atoms with Crippen molar-refractivity contribution in [2.24, 2.45) is 0 Å². The zero-order valence-electron chi connectivity index (χ0n) is 11.5. The third kappa shape index (κ3) is 2.88. The Bertz CT molecular complexity index is 595. The van der Waals surface area contributed by atoms with Crippen LogP contribution in [0.25, 0.3) is 11.1 Å². The molecule has 1 aromatic carbocycles. The van der Waals surface area contributed by atoms with Crippen molar-refractivity contribution in [3.05, 3.63) is 36.2 Å². The smallest absolute Gasteiger partial charge is 0.316 e. The molecule has 1 fully saturated rings. The van der Waals surface area contributed by atoms with Gasteiger partial charge in [-0.3, -0.25) is 0 Å². The van der Waals surface area contributed by atoms with E-state index in [2.05, 4.69) is 9.97 Å². The van der Waals surface area contributed by atoms with E-state index in [9.17, 15) is 0 Å². The molecule has 0 unspecified atom stereocenters. The van der Waals surface area contributed by atoms with E-state index in [1.165, 1.54) is 0 Å². The summed E-state index contributed by atoms with van der Waals surface area (Å²) in [4.78, 5) is 8.26. The Balaban J connectivity index is 1.89. The van der Waals surface area contributed by atoms with Gasteiger partial charge in [0.05, 0.1) is 13.7 Å². The number of ether oxygens (including phenoxy) is 3. The number of methoxy groups -OCH3 is 1. The van der Waals surface area contributed by atoms with E-state index in [1.54, 1.807) is 19.5 Å². The minimum absolute atomic E-state index is 0.232. The Hall–Kier alpha value is -2.14. The van der Waals surface area contributed by atoms with E-state index in [0.717, 1.165) is 29.0 Å². The summed E-state index contributed by atoms with van der Waals surface area (Å²) in [5, 5.41) is 0. The first-order chi connectivity index (χ1) is 9.76. The van der Waals surface area contributed by atoms with Gasteiger partial charge in [0, 0.05) is 23.5 Å². The van der Waals surface area contributed by atoms with Gasteiger partial charge in [-0.25, -0.2) is 9.97 Å². The molecule has 1 atom stereocenters. The Labute approximate surface area is 117 Å². The lowest BCUT2D eigenvalue weighted by Gasteiger charge is -2.11. The average Bonchev–Trinajstić information content (AvgIpc) is 3.30. The van der Waals surface area contributed by atoms with Crippen LogP contribution in [0.4, 0.5) is 0 Å². The van der Waals surface area contributed by atoms with Crippen LogP contribution in [0.5, 0.6) is 11.8 Å². The fraction of sp³-hybridized carbons (Fsp3) is 0.333. The van der Waals surface area contributed by atoms with Crippen LogP contribution in [0.1, 0.15) is 5.56 Å².